The molecule has 114 valence electrons. The summed E-state index contributed by atoms with van der Waals surface area (Å²) in [6.07, 6.45) is -4.48. The van der Waals surface area contributed by atoms with Crippen LogP contribution in [0.4, 0.5) is 23.2 Å². The fraction of sp³-hybridized carbons (Fsp3) is 0.500. The number of nitrogens with one attached hydrogen (secondary N) is 1. The maximum atomic E-state index is 13.0. The molecule has 0 fully saturated rings. The highest BCUT2D eigenvalue weighted by atomic mass is 32.2. The summed E-state index contributed by atoms with van der Waals surface area (Å²) >= 11 is 0. The van der Waals surface area contributed by atoms with Crippen LogP contribution >= 0.6 is 0 Å². The summed E-state index contributed by atoms with van der Waals surface area (Å²) in [5.74, 6) is -1.34. The van der Waals surface area contributed by atoms with Crippen molar-refractivity contribution < 1.29 is 26.0 Å². The molecule has 0 unspecified atom stereocenters. The highest BCUT2D eigenvalue weighted by molar-refractivity contribution is 7.91. The summed E-state index contributed by atoms with van der Waals surface area (Å²) in [5.41, 5.74) is -1.24. The van der Waals surface area contributed by atoms with Crippen LogP contribution in [0.25, 0.3) is 0 Å². The zero-order valence-electron chi connectivity index (χ0n) is 10.8. The van der Waals surface area contributed by atoms with E-state index in [-0.39, 0.29) is 30.2 Å². The van der Waals surface area contributed by atoms with Crippen LogP contribution in [0, 0.1) is 5.82 Å². The molecule has 1 aromatic rings. The Balaban J connectivity index is 2.62. The molecule has 0 aliphatic carbocycles. The van der Waals surface area contributed by atoms with Gasteiger partial charge >= 0.3 is 6.18 Å². The standard InChI is InChI=1S/C12H15F4NO2S/c1-2-20(18,19)7-3-6-17-9-4-5-11(13)10(8-9)12(14,15)16/h4-5,8,17H,2-3,6-7H2,1H3. The maximum Gasteiger partial charge on any atom is 0.419 e. The molecular weight excluding hydrogens is 298 g/mol. The highest BCUT2D eigenvalue weighted by Crippen LogP contribution is 2.32. The molecule has 1 N–H and O–H groups in total. The lowest BCUT2D eigenvalue weighted by Gasteiger charge is -2.11. The molecule has 0 radical (unpaired) electrons. The van der Waals surface area contributed by atoms with Crippen molar-refractivity contribution in [3.05, 3.63) is 29.6 Å². The molecule has 0 aliphatic rings. The minimum Gasteiger partial charge on any atom is -0.385 e. The van der Waals surface area contributed by atoms with Crippen molar-refractivity contribution in [1.29, 1.82) is 0 Å². The van der Waals surface area contributed by atoms with E-state index in [0.717, 1.165) is 6.07 Å². The molecule has 0 aromatic heterocycles. The Kier molecular flexibility index (Phi) is 5.38. The molecule has 0 heterocycles. The number of hydrogen-bond acceptors (Lipinski definition) is 3. The van der Waals surface area contributed by atoms with E-state index >= 15 is 0 Å². The second-order valence-corrected chi connectivity index (χ2v) is 6.68. The van der Waals surface area contributed by atoms with Gasteiger partial charge in [-0.1, -0.05) is 6.92 Å². The van der Waals surface area contributed by atoms with Crippen molar-refractivity contribution in [3.8, 4) is 0 Å². The average molecular weight is 313 g/mol. The quantitative estimate of drug-likeness (QED) is 0.648. The fourth-order valence-corrected chi connectivity index (χ4v) is 2.39. The van der Waals surface area contributed by atoms with E-state index < -0.39 is 27.4 Å². The van der Waals surface area contributed by atoms with Crippen LogP contribution in [0.3, 0.4) is 0 Å². The molecule has 8 heteroatoms. The van der Waals surface area contributed by atoms with Gasteiger partial charge in [0, 0.05) is 18.0 Å². The minimum absolute atomic E-state index is 0.0295. The van der Waals surface area contributed by atoms with Gasteiger partial charge in [0.05, 0.1) is 11.3 Å². The molecule has 20 heavy (non-hydrogen) atoms. The first-order chi connectivity index (χ1) is 9.15. The normalized spacial score (nSPS) is 12.4. The minimum atomic E-state index is -4.76. The third kappa shape index (κ3) is 4.99. The second-order valence-electron chi connectivity index (χ2n) is 4.21. The summed E-state index contributed by atoms with van der Waals surface area (Å²) in [6, 6.07) is 2.58. The van der Waals surface area contributed by atoms with Gasteiger partial charge in [-0.05, 0) is 24.6 Å². The molecule has 0 spiro atoms. The molecular formula is C12H15F4NO2S. The van der Waals surface area contributed by atoms with E-state index in [1.54, 1.807) is 0 Å². The number of alkyl halides is 3. The molecule has 0 aliphatic heterocycles. The zero-order chi connectivity index (χ0) is 15.4. The van der Waals surface area contributed by atoms with Crippen molar-refractivity contribution in [2.45, 2.75) is 19.5 Å². The van der Waals surface area contributed by atoms with Crippen molar-refractivity contribution in [1.82, 2.24) is 0 Å². The van der Waals surface area contributed by atoms with Crippen molar-refractivity contribution >= 4 is 15.5 Å². The Morgan fingerprint density at radius 1 is 1.25 bits per heavy atom. The van der Waals surface area contributed by atoms with Gasteiger partial charge < -0.3 is 5.32 Å². The third-order valence-corrected chi connectivity index (χ3v) is 4.46. The van der Waals surface area contributed by atoms with Crippen LogP contribution in [0.15, 0.2) is 18.2 Å². The Bertz CT molecular complexity index is 555. The summed E-state index contributed by atoms with van der Waals surface area (Å²) in [6.45, 7) is 1.72. The Morgan fingerprint density at radius 2 is 1.90 bits per heavy atom. The van der Waals surface area contributed by atoms with Crippen LogP contribution in [0.2, 0.25) is 0 Å². The predicted octanol–water partition coefficient (Wildman–Crippen LogP) is 3.08. The van der Waals surface area contributed by atoms with E-state index in [0.29, 0.717) is 6.07 Å². The lowest BCUT2D eigenvalue weighted by Crippen LogP contribution is -2.13. The molecule has 0 atom stereocenters. The van der Waals surface area contributed by atoms with Gasteiger partial charge in [-0.15, -0.1) is 0 Å². The van der Waals surface area contributed by atoms with Gasteiger partial charge in [0.15, 0.2) is 0 Å². The van der Waals surface area contributed by atoms with E-state index in [4.69, 9.17) is 0 Å². The lowest BCUT2D eigenvalue weighted by atomic mass is 10.2. The van der Waals surface area contributed by atoms with E-state index in [1.807, 2.05) is 0 Å². The molecule has 1 rings (SSSR count). The summed E-state index contributed by atoms with van der Waals surface area (Å²) in [5, 5.41) is 2.65. The first-order valence-corrected chi connectivity index (χ1v) is 7.79. The van der Waals surface area contributed by atoms with Crippen LogP contribution in [-0.4, -0.2) is 26.5 Å². The summed E-state index contributed by atoms with van der Waals surface area (Å²) in [4.78, 5) is 0. The van der Waals surface area contributed by atoms with E-state index in [9.17, 15) is 26.0 Å². The number of benzene rings is 1. The van der Waals surface area contributed by atoms with Crippen LogP contribution in [0.1, 0.15) is 18.9 Å². The Labute approximate surface area is 114 Å². The number of sulfone groups is 1. The van der Waals surface area contributed by atoms with Crippen molar-refractivity contribution in [2.24, 2.45) is 0 Å². The summed E-state index contributed by atoms with van der Waals surface area (Å²) in [7, 11) is -3.09. The number of halogens is 4. The van der Waals surface area contributed by atoms with Gasteiger partial charge in [-0.25, -0.2) is 12.8 Å². The predicted molar refractivity (Wildman–Crippen MR) is 68.8 cm³/mol. The van der Waals surface area contributed by atoms with Gasteiger partial charge in [0.25, 0.3) is 0 Å². The molecule has 1 aromatic carbocycles. The first kappa shape index (κ1) is 16.7. The topological polar surface area (TPSA) is 46.2 Å². The van der Waals surface area contributed by atoms with Crippen LogP contribution in [0.5, 0.6) is 0 Å². The van der Waals surface area contributed by atoms with Crippen LogP contribution in [-0.2, 0) is 16.0 Å². The monoisotopic (exact) mass is 313 g/mol. The average Bonchev–Trinajstić information content (AvgIpc) is 2.35. The molecule has 0 bridgehead atoms. The van der Waals surface area contributed by atoms with Crippen molar-refractivity contribution in [3.63, 3.8) is 0 Å². The van der Waals surface area contributed by atoms with E-state index in [1.165, 1.54) is 13.0 Å². The molecule has 0 saturated heterocycles. The summed E-state index contributed by atoms with van der Waals surface area (Å²) < 4.78 is 72.9. The van der Waals surface area contributed by atoms with Crippen molar-refractivity contribution in [2.75, 3.05) is 23.4 Å². The van der Waals surface area contributed by atoms with Crippen LogP contribution < -0.4 is 5.32 Å². The smallest absolute Gasteiger partial charge is 0.385 e. The fourth-order valence-electron chi connectivity index (χ4n) is 1.52. The third-order valence-electron chi connectivity index (χ3n) is 2.67. The largest absolute Gasteiger partial charge is 0.419 e. The number of hydrogen-bond donors (Lipinski definition) is 1. The second kappa shape index (κ2) is 6.43. The van der Waals surface area contributed by atoms with E-state index in [2.05, 4.69) is 5.32 Å². The maximum absolute atomic E-state index is 13.0. The molecule has 0 amide bonds. The SMILES string of the molecule is CCS(=O)(=O)CCCNc1ccc(F)c(C(F)(F)F)c1. The van der Waals surface area contributed by atoms with Gasteiger partial charge in [-0.2, -0.15) is 13.2 Å². The number of rotatable bonds is 6. The molecule has 3 nitrogen and oxygen atoms in total. The zero-order valence-corrected chi connectivity index (χ0v) is 11.6. The molecule has 0 saturated carbocycles. The Hall–Kier alpha value is -1.31. The number of anilines is 1. The lowest BCUT2D eigenvalue weighted by molar-refractivity contribution is -0.139. The van der Waals surface area contributed by atoms with Gasteiger partial charge in [0.2, 0.25) is 0 Å². The highest BCUT2D eigenvalue weighted by Gasteiger charge is 2.34. The van der Waals surface area contributed by atoms with Gasteiger partial charge in [-0.3, -0.25) is 0 Å². The van der Waals surface area contributed by atoms with Gasteiger partial charge in [0.1, 0.15) is 15.7 Å². The Morgan fingerprint density at radius 3 is 2.45 bits per heavy atom. The first-order valence-electron chi connectivity index (χ1n) is 5.97.